The molecule has 2 saturated heterocycles. The minimum atomic E-state index is 0.137. The monoisotopic (exact) mass is 493 g/mol. The number of aryl methyl sites for hydroxylation is 1. The number of hydrogen-bond acceptors (Lipinski definition) is 5. The first kappa shape index (κ1) is 24.9. The van der Waals surface area contributed by atoms with Crippen LogP contribution in [0.5, 0.6) is 0 Å². The number of carbonyl (C=O) groups excluding carboxylic acids is 1. The Hall–Kier alpha value is -3.82. The highest BCUT2D eigenvalue weighted by molar-refractivity contribution is 5.96. The smallest absolute Gasteiger partial charge is 0.254 e. The molecule has 2 fully saturated rings. The SMILES string of the molecule is Cc1ccc(CN2CCN(c3ccccc3C#N)CC2)cc1C(=O)N1CCN(c2ccccc2)C[C@@H]1C. The second-order valence-corrected chi connectivity index (χ2v) is 10.2. The molecule has 2 aliphatic rings. The molecule has 0 aliphatic carbocycles. The summed E-state index contributed by atoms with van der Waals surface area (Å²) in [6.45, 7) is 11.1. The molecule has 1 atom stereocenters. The van der Waals surface area contributed by atoms with Crippen LogP contribution in [-0.4, -0.2) is 67.6 Å². The zero-order valence-electron chi connectivity index (χ0n) is 21.8. The van der Waals surface area contributed by atoms with Crippen LogP contribution >= 0.6 is 0 Å². The molecule has 3 aromatic carbocycles. The van der Waals surface area contributed by atoms with E-state index in [9.17, 15) is 10.1 Å². The van der Waals surface area contributed by atoms with Crippen molar-refractivity contribution in [3.8, 4) is 6.07 Å². The summed E-state index contributed by atoms with van der Waals surface area (Å²) in [7, 11) is 0. The first-order valence-corrected chi connectivity index (χ1v) is 13.2. The maximum atomic E-state index is 13.6. The summed E-state index contributed by atoms with van der Waals surface area (Å²) in [5.74, 6) is 0.137. The largest absolute Gasteiger partial charge is 0.368 e. The highest BCUT2D eigenvalue weighted by Crippen LogP contribution is 2.24. The predicted octanol–water partition coefficient (Wildman–Crippen LogP) is 4.54. The van der Waals surface area contributed by atoms with Crippen molar-refractivity contribution in [3.63, 3.8) is 0 Å². The number of nitrogens with zero attached hydrogens (tertiary/aromatic N) is 5. The van der Waals surface area contributed by atoms with Gasteiger partial charge >= 0.3 is 0 Å². The molecular formula is C31H35N5O. The summed E-state index contributed by atoms with van der Waals surface area (Å²) in [4.78, 5) is 22.8. The molecule has 0 unspecified atom stereocenters. The molecule has 3 aromatic rings. The van der Waals surface area contributed by atoms with E-state index in [1.165, 1.54) is 11.3 Å². The molecule has 0 radical (unpaired) electrons. The van der Waals surface area contributed by atoms with Gasteiger partial charge in [0.1, 0.15) is 6.07 Å². The minimum absolute atomic E-state index is 0.137. The highest BCUT2D eigenvalue weighted by Gasteiger charge is 2.29. The van der Waals surface area contributed by atoms with Gasteiger partial charge in [-0.2, -0.15) is 5.26 Å². The van der Waals surface area contributed by atoms with Crippen LogP contribution in [0.25, 0.3) is 0 Å². The molecule has 5 rings (SSSR count). The van der Waals surface area contributed by atoms with Crippen LogP contribution in [0.1, 0.15) is 34.0 Å². The van der Waals surface area contributed by atoms with Crippen molar-refractivity contribution in [3.05, 3.63) is 95.1 Å². The zero-order valence-corrected chi connectivity index (χ0v) is 21.8. The van der Waals surface area contributed by atoms with Crippen LogP contribution in [0.4, 0.5) is 11.4 Å². The van der Waals surface area contributed by atoms with Gasteiger partial charge in [0.15, 0.2) is 0 Å². The average Bonchev–Trinajstić information content (AvgIpc) is 2.94. The molecular weight excluding hydrogens is 458 g/mol. The first-order valence-electron chi connectivity index (χ1n) is 13.2. The van der Waals surface area contributed by atoms with Gasteiger partial charge in [0.05, 0.1) is 11.3 Å². The fourth-order valence-corrected chi connectivity index (χ4v) is 5.53. The molecule has 0 saturated carbocycles. The highest BCUT2D eigenvalue weighted by atomic mass is 16.2. The van der Waals surface area contributed by atoms with Crippen LogP contribution in [-0.2, 0) is 6.54 Å². The van der Waals surface area contributed by atoms with E-state index in [4.69, 9.17) is 0 Å². The maximum absolute atomic E-state index is 13.6. The Balaban J connectivity index is 1.21. The molecule has 0 bridgehead atoms. The second-order valence-electron chi connectivity index (χ2n) is 10.2. The Morgan fingerprint density at radius 2 is 1.59 bits per heavy atom. The zero-order chi connectivity index (χ0) is 25.8. The number of para-hydroxylation sites is 2. The van der Waals surface area contributed by atoms with E-state index in [1.807, 2.05) is 42.2 Å². The minimum Gasteiger partial charge on any atom is -0.368 e. The van der Waals surface area contributed by atoms with Crippen LogP contribution < -0.4 is 9.80 Å². The van der Waals surface area contributed by atoms with Crippen molar-refractivity contribution < 1.29 is 4.79 Å². The number of amides is 1. The van der Waals surface area contributed by atoms with Gasteiger partial charge in [-0.3, -0.25) is 9.69 Å². The van der Waals surface area contributed by atoms with Crippen LogP contribution in [0.15, 0.2) is 72.8 Å². The Kier molecular flexibility index (Phi) is 7.43. The Bertz CT molecular complexity index is 1280. The molecule has 2 heterocycles. The summed E-state index contributed by atoms with van der Waals surface area (Å²) in [6, 6.07) is 27.1. The topological polar surface area (TPSA) is 53.8 Å². The van der Waals surface area contributed by atoms with Gasteiger partial charge in [0, 0.05) is 69.7 Å². The molecule has 190 valence electrons. The molecule has 6 heteroatoms. The fraction of sp³-hybridized carbons (Fsp3) is 0.355. The molecule has 0 N–H and O–H groups in total. The number of anilines is 2. The number of carbonyl (C=O) groups is 1. The lowest BCUT2D eigenvalue weighted by molar-refractivity contribution is 0.0673. The van der Waals surface area contributed by atoms with Crippen LogP contribution in [0.2, 0.25) is 0 Å². The van der Waals surface area contributed by atoms with E-state index < -0.39 is 0 Å². The predicted molar refractivity (Wildman–Crippen MR) is 149 cm³/mol. The third-order valence-corrected chi connectivity index (χ3v) is 7.69. The lowest BCUT2D eigenvalue weighted by Gasteiger charge is -2.41. The van der Waals surface area contributed by atoms with E-state index >= 15 is 0 Å². The van der Waals surface area contributed by atoms with Gasteiger partial charge in [-0.15, -0.1) is 0 Å². The van der Waals surface area contributed by atoms with Crippen molar-refractivity contribution in [2.45, 2.75) is 26.4 Å². The summed E-state index contributed by atoms with van der Waals surface area (Å²) < 4.78 is 0. The summed E-state index contributed by atoms with van der Waals surface area (Å²) in [5, 5.41) is 9.44. The Labute approximate surface area is 220 Å². The molecule has 0 aromatic heterocycles. The van der Waals surface area contributed by atoms with Crippen molar-refractivity contribution in [2.24, 2.45) is 0 Å². The number of hydrogen-bond donors (Lipinski definition) is 0. The normalized spacial score (nSPS) is 18.5. The Morgan fingerprint density at radius 3 is 2.32 bits per heavy atom. The quantitative estimate of drug-likeness (QED) is 0.522. The number of rotatable bonds is 5. The van der Waals surface area contributed by atoms with Crippen LogP contribution in [0, 0.1) is 18.3 Å². The van der Waals surface area contributed by atoms with E-state index in [2.05, 4.69) is 70.2 Å². The van der Waals surface area contributed by atoms with E-state index in [0.717, 1.165) is 74.7 Å². The number of nitriles is 1. The molecule has 1 amide bonds. The van der Waals surface area contributed by atoms with Gasteiger partial charge in [0.25, 0.3) is 5.91 Å². The summed E-state index contributed by atoms with van der Waals surface area (Å²) >= 11 is 0. The lowest BCUT2D eigenvalue weighted by Crippen LogP contribution is -2.54. The molecule has 6 nitrogen and oxygen atoms in total. The molecule has 37 heavy (non-hydrogen) atoms. The van der Waals surface area contributed by atoms with E-state index in [0.29, 0.717) is 0 Å². The van der Waals surface area contributed by atoms with Crippen molar-refractivity contribution in [1.29, 1.82) is 5.26 Å². The van der Waals surface area contributed by atoms with E-state index in [1.54, 1.807) is 0 Å². The fourth-order valence-electron chi connectivity index (χ4n) is 5.53. The van der Waals surface area contributed by atoms with Crippen molar-refractivity contribution >= 4 is 17.3 Å². The van der Waals surface area contributed by atoms with Gasteiger partial charge < -0.3 is 14.7 Å². The number of piperazine rings is 2. The Morgan fingerprint density at radius 1 is 0.892 bits per heavy atom. The third kappa shape index (κ3) is 5.47. The standard InChI is InChI=1S/C31H35N5O/c1-24-12-13-26(23-33-14-16-34(17-15-33)30-11-7-6-8-27(30)21-32)20-29(24)31(37)36-19-18-35(22-25(36)2)28-9-4-3-5-10-28/h3-13,20,25H,14-19,22-23H2,1-2H3/t25-/m0/s1. The van der Waals surface area contributed by atoms with E-state index in [-0.39, 0.29) is 11.9 Å². The van der Waals surface area contributed by atoms with Gasteiger partial charge in [-0.05, 0) is 55.3 Å². The lowest BCUT2D eigenvalue weighted by atomic mass is 10.0. The average molecular weight is 494 g/mol. The van der Waals surface area contributed by atoms with Gasteiger partial charge in [-0.25, -0.2) is 0 Å². The van der Waals surface area contributed by atoms with Gasteiger partial charge in [0.2, 0.25) is 0 Å². The molecule has 2 aliphatic heterocycles. The maximum Gasteiger partial charge on any atom is 0.254 e. The van der Waals surface area contributed by atoms with Crippen molar-refractivity contribution in [2.75, 3.05) is 55.6 Å². The van der Waals surface area contributed by atoms with Gasteiger partial charge in [-0.1, -0.05) is 42.5 Å². The van der Waals surface area contributed by atoms with Crippen LogP contribution in [0.3, 0.4) is 0 Å². The number of benzene rings is 3. The van der Waals surface area contributed by atoms with Crippen molar-refractivity contribution in [1.82, 2.24) is 9.80 Å². The molecule has 0 spiro atoms. The second kappa shape index (κ2) is 11.1. The summed E-state index contributed by atoms with van der Waals surface area (Å²) in [6.07, 6.45) is 0. The summed E-state index contributed by atoms with van der Waals surface area (Å²) in [5.41, 5.74) is 6.00. The third-order valence-electron chi connectivity index (χ3n) is 7.69. The first-order chi connectivity index (χ1) is 18.0.